The number of para-hydroxylation sites is 2. The summed E-state index contributed by atoms with van der Waals surface area (Å²) in [6.45, 7) is -1.47. The molecule has 1 aliphatic carbocycles. The number of amides is 1. The van der Waals surface area contributed by atoms with Gasteiger partial charge in [0.25, 0.3) is 0 Å². The Balaban J connectivity index is 2.02. The average Bonchev–Trinajstić information content (AvgIpc) is 2.40. The molecule has 1 aromatic rings. The van der Waals surface area contributed by atoms with E-state index in [1.807, 2.05) is 0 Å². The number of nitrogens with one attached hydrogen (secondary N) is 1. The van der Waals surface area contributed by atoms with E-state index >= 15 is 0 Å². The van der Waals surface area contributed by atoms with Crippen LogP contribution in [0, 0.1) is 5.41 Å². The molecule has 0 unspecified atom stereocenters. The number of halogens is 3. The van der Waals surface area contributed by atoms with Crippen LogP contribution in [0.1, 0.15) is 25.7 Å². The van der Waals surface area contributed by atoms with Crippen molar-refractivity contribution in [2.24, 2.45) is 5.41 Å². The fourth-order valence-electron chi connectivity index (χ4n) is 2.43. The smallest absolute Gasteiger partial charge is 0.422 e. The summed E-state index contributed by atoms with van der Waals surface area (Å²) in [4.78, 5) is 23.3. The van der Waals surface area contributed by atoms with Crippen LogP contribution >= 0.6 is 0 Å². The number of benzene rings is 1. The Labute approximate surface area is 130 Å². The number of carboxylic acids is 1. The number of hydrogen-bond donors (Lipinski definition) is 2. The number of carboxylic acid groups (broad SMARTS) is 1. The van der Waals surface area contributed by atoms with Gasteiger partial charge in [-0.25, -0.2) is 0 Å². The van der Waals surface area contributed by atoms with Crippen LogP contribution in [0.15, 0.2) is 24.3 Å². The quantitative estimate of drug-likeness (QED) is 0.839. The summed E-state index contributed by atoms with van der Waals surface area (Å²) in [5.41, 5.74) is -0.979. The lowest BCUT2D eigenvalue weighted by Gasteiger charge is -2.36. The van der Waals surface area contributed by atoms with Crippen molar-refractivity contribution in [3.8, 4) is 5.75 Å². The summed E-state index contributed by atoms with van der Waals surface area (Å²) in [5.74, 6) is -1.70. The number of rotatable bonds is 6. The van der Waals surface area contributed by atoms with E-state index in [2.05, 4.69) is 10.1 Å². The number of carbonyl (C=O) groups excluding carboxylic acids is 1. The first-order valence-electron chi connectivity index (χ1n) is 7.04. The summed E-state index contributed by atoms with van der Waals surface area (Å²) in [7, 11) is 0. The molecule has 2 N–H and O–H groups in total. The van der Waals surface area contributed by atoms with Gasteiger partial charge < -0.3 is 15.2 Å². The molecule has 1 aliphatic rings. The number of anilines is 1. The van der Waals surface area contributed by atoms with Crippen molar-refractivity contribution in [1.82, 2.24) is 0 Å². The van der Waals surface area contributed by atoms with Crippen molar-refractivity contribution in [3.63, 3.8) is 0 Å². The van der Waals surface area contributed by atoms with Gasteiger partial charge in [-0.1, -0.05) is 18.6 Å². The summed E-state index contributed by atoms with van der Waals surface area (Å²) < 4.78 is 41.3. The van der Waals surface area contributed by atoms with Gasteiger partial charge in [0.1, 0.15) is 5.75 Å². The van der Waals surface area contributed by atoms with Gasteiger partial charge in [0.05, 0.1) is 11.1 Å². The molecule has 0 aliphatic heterocycles. The maximum atomic E-state index is 12.2. The standard InChI is InChI=1S/C15H16F3NO4/c16-15(17,18)9-23-11-5-2-1-4-10(11)19-12(20)8-14(13(21)22)6-3-7-14/h1-2,4-5H,3,6-9H2,(H,19,20)(H,21,22). The van der Waals surface area contributed by atoms with Crippen LogP contribution in [0.2, 0.25) is 0 Å². The molecule has 1 saturated carbocycles. The largest absolute Gasteiger partial charge is 0.482 e. The fourth-order valence-corrected chi connectivity index (χ4v) is 2.43. The molecule has 0 heterocycles. The van der Waals surface area contributed by atoms with Gasteiger partial charge >= 0.3 is 12.1 Å². The Bertz CT molecular complexity index is 597. The minimum atomic E-state index is -4.49. The molecule has 0 spiro atoms. The van der Waals surface area contributed by atoms with Crippen molar-refractivity contribution >= 4 is 17.6 Å². The second-order valence-corrected chi connectivity index (χ2v) is 5.56. The highest BCUT2D eigenvalue weighted by atomic mass is 19.4. The van der Waals surface area contributed by atoms with Gasteiger partial charge in [0, 0.05) is 6.42 Å². The van der Waals surface area contributed by atoms with Crippen LogP contribution in [0.3, 0.4) is 0 Å². The molecule has 2 rings (SSSR count). The van der Waals surface area contributed by atoms with E-state index in [9.17, 15) is 27.9 Å². The lowest BCUT2D eigenvalue weighted by atomic mass is 9.66. The lowest BCUT2D eigenvalue weighted by Crippen LogP contribution is -2.41. The third-order valence-electron chi connectivity index (χ3n) is 3.82. The van der Waals surface area contributed by atoms with E-state index in [0.29, 0.717) is 12.8 Å². The van der Waals surface area contributed by atoms with E-state index in [4.69, 9.17) is 0 Å². The van der Waals surface area contributed by atoms with Crippen LogP contribution in [-0.2, 0) is 9.59 Å². The Hall–Kier alpha value is -2.25. The number of aliphatic carboxylic acids is 1. The van der Waals surface area contributed by atoms with Gasteiger partial charge in [-0.2, -0.15) is 13.2 Å². The third kappa shape index (κ3) is 4.37. The molecule has 126 valence electrons. The first kappa shape index (κ1) is 17.1. The third-order valence-corrected chi connectivity index (χ3v) is 3.82. The number of carbonyl (C=O) groups is 2. The van der Waals surface area contributed by atoms with Gasteiger partial charge in [-0.15, -0.1) is 0 Å². The molecule has 1 amide bonds. The Morgan fingerprint density at radius 1 is 1.26 bits per heavy atom. The van der Waals surface area contributed by atoms with Crippen LogP contribution < -0.4 is 10.1 Å². The van der Waals surface area contributed by atoms with Gasteiger partial charge in [0.2, 0.25) is 5.91 Å². The molecular weight excluding hydrogens is 315 g/mol. The number of alkyl halides is 3. The first-order chi connectivity index (χ1) is 10.7. The predicted octanol–water partition coefficient (Wildman–Crippen LogP) is 3.21. The molecule has 1 aromatic carbocycles. The molecule has 23 heavy (non-hydrogen) atoms. The molecule has 1 fully saturated rings. The van der Waals surface area contributed by atoms with Crippen LogP contribution in [-0.4, -0.2) is 29.8 Å². The zero-order valence-corrected chi connectivity index (χ0v) is 12.2. The van der Waals surface area contributed by atoms with Gasteiger partial charge in [-0.3, -0.25) is 9.59 Å². The number of ether oxygens (including phenoxy) is 1. The topological polar surface area (TPSA) is 75.6 Å². The van der Waals surface area contributed by atoms with E-state index in [-0.39, 0.29) is 17.9 Å². The number of hydrogen-bond acceptors (Lipinski definition) is 3. The SMILES string of the molecule is O=C(CC1(C(=O)O)CCC1)Nc1ccccc1OCC(F)(F)F. The van der Waals surface area contributed by atoms with Crippen molar-refractivity contribution in [1.29, 1.82) is 0 Å². The van der Waals surface area contributed by atoms with Crippen LogP contribution in [0.5, 0.6) is 5.75 Å². The second kappa shape index (κ2) is 6.47. The summed E-state index contributed by atoms with van der Waals surface area (Å²) in [6, 6.07) is 5.72. The average molecular weight is 331 g/mol. The molecule has 0 radical (unpaired) electrons. The Morgan fingerprint density at radius 2 is 1.91 bits per heavy atom. The van der Waals surface area contributed by atoms with E-state index in [1.165, 1.54) is 24.3 Å². The lowest BCUT2D eigenvalue weighted by molar-refractivity contribution is -0.157. The molecule has 0 bridgehead atoms. The molecule has 0 atom stereocenters. The molecule has 0 aromatic heterocycles. The Morgan fingerprint density at radius 3 is 2.43 bits per heavy atom. The van der Waals surface area contributed by atoms with Gasteiger partial charge in [0.15, 0.2) is 6.61 Å². The monoisotopic (exact) mass is 331 g/mol. The first-order valence-corrected chi connectivity index (χ1v) is 7.04. The highest BCUT2D eigenvalue weighted by Crippen LogP contribution is 2.44. The molecule has 8 heteroatoms. The molecular formula is C15H16F3NO4. The van der Waals surface area contributed by atoms with Crippen LogP contribution in [0.4, 0.5) is 18.9 Å². The summed E-state index contributed by atoms with van der Waals surface area (Å²) in [6.07, 6.45) is -3.12. The minimum absolute atomic E-state index is 0.0848. The summed E-state index contributed by atoms with van der Waals surface area (Å²) >= 11 is 0. The highest BCUT2D eigenvalue weighted by Gasteiger charge is 2.46. The van der Waals surface area contributed by atoms with E-state index in [0.717, 1.165) is 6.42 Å². The predicted molar refractivity (Wildman–Crippen MR) is 75.2 cm³/mol. The van der Waals surface area contributed by atoms with Crippen molar-refractivity contribution < 1.29 is 32.6 Å². The highest BCUT2D eigenvalue weighted by molar-refractivity contribution is 5.95. The molecule has 0 saturated heterocycles. The maximum Gasteiger partial charge on any atom is 0.422 e. The maximum absolute atomic E-state index is 12.2. The van der Waals surface area contributed by atoms with Crippen molar-refractivity contribution in [2.75, 3.05) is 11.9 Å². The fraction of sp³-hybridized carbons (Fsp3) is 0.467. The normalized spacial score (nSPS) is 16.3. The summed E-state index contributed by atoms with van der Waals surface area (Å²) in [5, 5.41) is 11.6. The van der Waals surface area contributed by atoms with E-state index < -0.39 is 30.1 Å². The Kier molecular flexibility index (Phi) is 4.82. The van der Waals surface area contributed by atoms with Gasteiger partial charge in [-0.05, 0) is 25.0 Å². The second-order valence-electron chi connectivity index (χ2n) is 5.56. The molecule has 5 nitrogen and oxygen atoms in total. The van der Waals surface area contributed by atoms with Crippen molar-refractivity contribution in [2.45, 2.75) is 31.9 Å². The zero-order valence-electron chi connectivity index (χ0n) is 12.2. The minimum Gasteiger partial charge on any atom is -0.482 e. The zero-order chi connectivity index (χ0) is 17.1. The van der Waals surface area contributed by atoms with Crippen molar-refractivity contribution in [3.05, 3.63) is 24.3 Å². The van der Waals surface area contributed by atoms with E-state index in [1.54, 1.807) is 0 Å². The van der Waals surface area contributed by atoms with Crippen LogP contribution in [0.25, 0.3) is 0 Å².